The Hall–Kier alpha value is -14.1. The van der Waals surface area contributed by atoms with Crippen LogP contribution in [-0.2, 0) is 67.1 Å². The summed E-state index contributed by atoms with van der Waals surface area (Å²) in [6.45, 7) is 13.0. The number of nitrogens with zero attached hydrogens (tertiary/aromatic N) is 10. The van der Waals surface area contributed by atoms with Gasteiger partial charge in [-0.05, 0) is 132 Å². The van der Waals surface area contributed by atoms with Crippen molar-refractivity contribution in [3.05, 3.63) is 323 Å². The van der Waals surface area contributed by atoms with Crippen LogP contribution in [0.4, 0.5) is 5.69 Å². The van der Waals surface area contributed by atoms with E-state index in [1.54, 1.807) is 55.2 Å². The van der Waals surface area contributed by atoms with E-state index in [1.165, 1.54) is 53.7 Å². The van der Waals surface area contributed by atoms with Crippen LogP contribution in [0, 0.1) is 34.0 Å². The van der Waals surface area contributed by atoms with Gasteiger partial charge in [0.15, 0.2) is 15.5 Å². The summed E-state index contributed by atoms with van der Waals surface area (Å²) in [6, 6.07) is 80.7. The monoisotopic (exact) mass is 2000 g/mol. The van der Waals surface area contributed by atoms with Crippen LogP contribution in [0.25, 0.3) is 77.6 Å². The number of azide groups is 1. The number of carbonyl (C=O) groups excluding carboxylic acids is 5. The first-order valence-corrected chi connectivity index (χ1v) is 51.1. The van der Waals surface area contributed by atoms with Crippen molar-refractivity contribution in [1.82, 2.24) is 56.1 Å². The number of aromatic nitrogens is 6. The van der Waals surface area contributed by atoms with Gasteiger partial charge in [-0.1, -0.05) is 259 Å². The van der Waals surface area contributed by atoms with E-state index in [0.29, 0.717) is 213 Å². The summed E-state index contributed by atoms with van der Waals surface area (Å²) >= 11 is 5.83. The minimum atomic E-state index is -0.489. The first-order chi connectivity index (χ1) is 69.7. The van der Waals surface area contributed by atoms with Gasteiger partial charge in [0, 0.05) is 147 Å². The van der Waals surface area contributed by atoms with Crippen molar-refractivity contribution in [3.8, 4) is 85.4 Å². The van der Waals surface area contributed by atoms with E-state index in [4.69, 9.17) is 34.0 Å². The van der Waals surface area contributed by atoms with Crippen molar-refractivity contribution in [2.75, 3.05) is 112 Å². The molecule has 2 atom stereocenters. The molecule has 0 aliphatic heterocycles. The standard InChI is InChI=1S/C46H58N6O7S2.C37H41N5O6S.C25H18N6OS/c1-33(50-34(2)53)41(60-3)13-7-8-14-42(54)48-23-9-25-57-27-29-59-30-28-58-26-10-24-49-44(55)39-17-15-35(16-18-39)32-61-46-51-43(40(31-47)45(56)52-46)38-21-19-37(20-22-38)36-11-5-4-6-12-36;1-27(43)39-17-5-19-46-21-23-48-24-22-47-20-6-18-40-35(44)32-11-9-28(10-12-32)26-49-37-41-34(33(25-38)36(45)42-37)31-15-13-30(14-16-31)29-7-3-2-4-8-29;1-31-24(32)22(15-26)23(20-11-9-19(10-12-20)18-5-3-2-4-6-18)28-25(31)33-16-17-7-13-21(14-8-17)29-30-27/h4-6,11-12,15-22,33,41H,7-10,13-14,23-30,32H2,1-3H3,(H,48,54)(H,49,55)(H,50,53)(H,51,52,56);2-4,7-16H,5-6,17-24,26H2,1H3,(H,39,43)(H,40,44)(H,41,42,45);2-14H,16H2,1H3/t33-,41-;;/m0../s1. The van der Waals surface area contributed by atoms with Gasteiger partial charge in [-0.15, -0.1) is 0 Å². The molecule has 0 unspecified atom stereocenters. The van der Waals surface area contributed by atoms with Crippen LogP contribution in [0.2, 0.25) is 0 Å². The SMILES string of the molecule is CC(=O)NCCCOCCOCCOCCCNC(=O)c1ccc(CSc2nc(-c3ccc(-c4ccccc4)cc3)c(C#N)c(=O)[nH]2)cc1.CS[C@@H](CCCCC(=O)NCCCOCCOCCOCCCNC(=O)c1ccc(CSc2nc(-c3ccc(-c4ccccc4)cc3)c(C#N)c(=O)[nH]2)cc1)[C@H](C)NC(C)=O.Cn1c(SCc2ccc(N=[N+]=[N-])cc2)nc(-c2ccc(-c3ccccc3)cc2)c(C#N)c1=O. The average Bonchev–Trinajstić information content (AvgIpc) is 0.797. The topological polar surface area (TPSA) is 447 Å². The molecule has 3 aromatic heterocycles. The first kappa shape index (κ1) is 111. The lowest BCUT2D eigenvalue weighted by molar-refractivity contribution is -0.121. The Labute approximate surface area is 848 Å². The summed E-state index contributed by atoms with van der Waals surface area (Å²) in [4.78, 5) is 120. The van der Waals surface area contributed by atoms with Gasteiger partial charge >= 0.3 is 0 Å². The largest absolute Gasteiger partial charge is 0.379 e. The fourth-order valence-electron chi connectivity index (χ4n) is 14.3. The summed E-state index contributed by atoms with van der Waals surface area (Å²) < 4.78 is 34.6. The Morgan fingerprint density at radius 2 is 0.762 bits per heavy atom. The Kier molecular flexibility index (Phi) is 48.3. The number of aromatic amines is 2. The highest BCUT2D eigenvalue weighted by molar-refractivity contribution is 7.99. The molecule has 12 rings (SSSR count). The van der Waals surface area contributed by atoms with E-state index in [-0.39, 0.29) is 57.8 Å². The van der Waals surface area contributed by atoms with Crippen LogP contribution in [0.5, 0.6) is 0 Å². The van der Waals surface area contributed by atoms with Crippen molar-refractivity contribution in [2.45, 2.75) is 116 Å². The third-order valence-electron chi connectivity index (χ3n) is 21.9. The maximum Gasteiger partial charge on any atom is 0.272 e. The van der Waals surface area contributed by atoms with Crippen LogP contribution in [0.3, 0.4) is 0 Å². The van der Waals surface area contributed by atoms with Crippen LogP contribution in [-0.4, -0.2) is 182 Å². The van der Waals surface area contributed by atoms with Gasteiger partial charge in [-0.25, -0.2) is 15.0 Å². The molecule has 0 aliphatic rings. The number of hydrogen-bond acceptors (Lipinski definition) is 25. The highest BCUT2D eigenvalue weighted by atomic mass is 32.2. The summed E-state index contributed by atoms with van der Waals surface area (Å²) in [5, 5.41) is 48.7. The van der Waals surface area contributed by atoms with Crippen molar-refractivity contribution >= 4 is 82.3 Å². The Morgan fingerprint density at radius 1 is 0.420 bits per heavy atom. The smallest absolute Gasteiger partial charge is 0.272 e. The van der Waals surface area contributed by atoms with Gasteiger partial charge in [0.1, 0.15) is 34.9 Å². The highest BCUT2D eigenvalue weighted by Gasteiger charge is 2.22. The number of amides is 5. The average molecular weight is 2010 g/mol. The minimum absolute atomic E-state index is 0.0182. The molecule has 143 heavy (non-hydrogen) atoms. The van der Waals surface area contributed by atoms with E-state index >= 15 is 0 Å². The molecule has 0 saturated carbocycles. The molecule has 12 aromatic rings. The molecule has 3 heterocycles. The second-order valence-electron chi connectivity index (χ2n) is 32.4. The van der Waals surface area contributed by atoms with Gasteiger partial charge in [0.25, 0.3) is 28.5 Å². The van der Waals surface area contributed by atoms with Crippen molar-refractivity contribution < 1.29 is 52.4 Å². The summed E-state index contributed by atoms with van der Waals surface area (Å²) in [5.74, 6) is 1.23. The quantitative estimate of drug-likeness (QED) is 0.00465. The zero-order valence-electron chi connectivity index (χ0n) is 80.6. The normalized spacial score (nSPS) is 11.2. The minimum Gasteiger partial charge on any atom is -0.379 e. The van der Waals surface area contributed by atoms with Crippen LogP contribution >= 0.6 is 47.0 Å². The fourth-order valence-corrected chi connectivity index (χ4v) is 17.7. The lowest BCUT2D eigenvalue weighted by atomic mass is 10.0. The lowest BCUT2D eigenvalue weighted by Crippen LogP contribution is -2.38. The van der Waals surface area contributed by atoms with Gasteiger partial charge in [0.05, 0.1) is 69.9 Å². The van der Waals surface area contributed by atoms with E-state index in [2.05, 4.69) is 61.5 Å². The van der Waals surface area contributed by atoms with E-state index in [1.807, 2.05) is 232 Å². The number of rotatable bonds is 54. The second-order valence-corrected chi connectivity index (χ2v) is 36.3. The Bertz CT molecular complexity index is 6430. The molecule has 0 fully saturated rings. The number of ether oxygens (including phenoxy) is 6. The fraction of sp³-hybridized carbons (Fsp3) is 0.315. The molecule has 7 N–H and O–H groups in total. The number of benzene rings is 9. The number of unbranched alkanes of at least 4 members (excludes halogenated alkanes) is 1. The molecule has 9 aromatic carbocycles. The van der Waals surface area contributed by atoms with Crippen molar-refractivity contribution in [2.24, 2.45) is 12.2 Å². The lowest BCUT2D eigenvalue weighted by Gasteiger charge is -2.22. The number of thioether (sulfide) groups is 4. The first-order valence-electron chi connectivity index (χ1n) is 46.8. The predicted molar refractivity (Wildman–Crippen MR) is 562 cm³/mol. The third kappa shape index (κ3) is 38.0. The second kappa shape index (κ2) is 62.3. The maximum atomic E-state index is 12.9. The van der Waals surface area contributed by atoms with Gasteiger partial charge in [-0.2, -0.15) is 27.5 Å². The molecule has 5 amide bonds. The molecular formula is C108H117N17O14S4. The molecule has 742 valence electrons. The highest BCUT2D eigenvalue weighted by Crippen LogP contribution is 2.33. The summed E-state index contributed by atoms with van der Waals surface area (Å²) in [6.07, 6.45) is 8.10. The van der Waals surface area contributed by atoms with E-state index in [9.17, 15) is 54.1 Å². The molecule has 0 saturated heterocycles. The number of nitrogens with one attached hydrogen (secondary N) is 7. The third-order valence-corrected chi connectivity index (χ3v) is 26.1. The molecule has 35 heteroatoms. The van der Waals surface area contributed by atoms with Gasteiger partial charge in [-0.3, -0.25) is 42.9 Å². The molecule has 0 spiro atoms. The van der Waals surface area contributed by atoms with E-state index < -0.39 is 11.1 Å². The number of nitriles is 3. The van der Waals surface area contributed by atoms with Crippen LogP contribution < -0.4 is 43.3 Å². The Morgan fingerprint density at radius 3 is 1.13 bits per heavy atom. The number of carbonyl (C=O) groups is 5. The van der Waals surface area contributed by atoms with Crippen molar-refractivity contribution in [3.63, 3.8) is 0 Å². The summed E-state index contributed by atoms with van der Waals surface area (Å²) in [5.41, 5.74) is 21.1. The molecule has 0 aliphatic carbocycles. The van der Waals surface area contributed by atoms with Gasteiger partial charge in [0.2, 0.25) is 17.7 Å². The number of hydrogen-bond donors (Lipinski definition) is 7. The molecule has 0 radical (unpaired) electrons. The number of H-pyrrole nitrogens is 2. The summed E-state index contributed by atoms with van der Waals surface area (Å²) in [7, 11) is 1.62. The van der Waals surface area contributed by atoms with Crippen LogP contribution in [0.15, 0.2) is 272 Å². The zero-order valence-corrected chi connectivity index (χ0v) is 83.8. The molecular weight excluding hydrogens is 1890 g/mol. The van der Waals surface area contributed by atoms with Crippen molar-refractivity contribution in [1.29, 1.82) is 15.8 Å². The van der Waals surface area contributed by atoms with Crippen LogP contribution in [0.1, 0.15) is 126 Å². The predicted octanol–water partition coefficient (Wildman–Crippen LogP) is 17.9. The Balaban J connectivity index is 0.000000230. The van der Waals surface area contributed by atoms with E-state index in [0.717, 1.165) is 82.2 Å². The zero-order chi connectivity index (χ0) is 102. The maximum absolute atomic E-state index is 12.9. The molecule has 31 nitrogen and oxygen atoms in total. The molecule has 0 bridgehead atoms. The van der Waals surface area contributed by atoms with Gasteiger partial charge < -0.3 is 65.0 Å².